The van der Waals surface area contributed by atoms with Crippen LogP contribution in [-0.4, -0.2) is 38.3 Å². The number of carbonyl (C=O) groups is 1. The average Bonchev–Trinajstić information content (AvgIpc) is 2.24. The van der Waals surface area contributed by atoms with Gasteiger partial charge in [0.25, 0.3) is 0 Å². The largest absolute Gasteiger partial charge is 0.381 e. The number of methoxy groups -OCH3 is 1. The molecule has 2 unspecified atom stereocenters. The molecular weight excluding hydrogens is 204 g/mol. The normalized spacial score (nSPS) is 27.2. The highest BCUT2D eigenvalue weighted by Gasteiger charge is 2.49. The van der Waals surface area contributed by atoms with E-state index >= 15 is 0 Å². The lowest BCUT2D eigenvalue weighted by molar-refractivity contribution is -0.132. The van der Waals surface area contributed by atoms with Gasteiger partial charge in [-0.3, -0.25) is 4.79 Å². The lowest BCUT2D eigenvalue weighted by atomic mass is 9.64. The molecule has 2 N–H and O–H groups in total. The van der Waals surface area contributed by atoms with E-state index < -0.39 is 0 Å². The highest BCUT2D eigenvalue weighted by atomic mass is 16.5. The second kappa shape index (κ2) is 5.64. The number of hydrogen-bond acceptors (Lipinski definition) is 3. The number of carbonyl (C=O) groups excluding carboxylic acids is 1. The average molecular weight is 228 g/mol. The van der Waals surface area contributed by atoms with E-state index in [1.54, 1.807) is 7.11 Å². The van der Waals surface area contributed by atoms with E-state index in [4.69, 9.17) is 4.74 Å². The Hall–Kier alpha value is -0.610. The lowest BCUT2D eigenvalue weighted by Gasteiger charge is -2.51. The van der Waals surface area contributed by atoms with E-state index in [2.05, 4.69) is 24.5 Å². The Bertz CT molecular complexity index is 241. The van der Waals surface area contributed by atoms with Gasteiger partial charge in [0.1, 0.15) is 0 Å². The first-order valence-corrected chi connectivity index (χ1v) is 6.05. The van der Waals surface area contributed by atoms with Crippen LogP contribution in [0.2, 0.25) is 0 Å². The van der Waals surface area contributed by atoms with Crippen molar-refractivity contribution in [3.05, 3.63) is 0 Å². The number of nitrogens with one attached hydrogen (secondary N) is 2. The first-order chi connectivity index (χ1) is 7.52. The molecule has 1 aliphatic rings. The van der Waals surface area contributed by atoms with Gasteiger partial charge in [0.2, 0.25) is 5.91 Å². The predicted octanol–water partition coefficient (Wildman–Crippen LogP) is 0.916. The molecule has 2 atom stereocenters. The van der Waals surface area contributed by atoms with Crippen molar-refractivity contribution in [2.24, 2.45) is 5.41 Å². The Balaban J connectivity index is 2.26. The predicted molar refractivity (Wildman–Crippen MR) is 64.3 cm³/mol. The summed E-state index contributed by atoms with van der Waals surface area (Å²) in [6.07, 6.45) is 1.75. The van der Waals surface area contributed by atoms with Crippen molar-refractivity contribution in [2.75, 3.05) is 20.2 Å². The van der Waals surface area contributed by atoms with Crippen LogP contribution >= 0.6 is 0 Å². The van der Waals surface area contributed by atoms with Crippen LogP contribution in [0.4, 0.5) is 0 Å². The summed E-state index contributed by atoms with van der Waals surface area (Å²) in [7, 11) is 1.73. The maximum atomic E-state index is 11.6. The zero-order valence-electron chi connectivity index (χ0n) is 10.8. The molecule has 1 saturated carbocycles. The number of rotatable bonds is 6. The molecule has 4 heteroatoms. The molecule has 0 heterocycles. The molecule has 1 amide bonds. The molecule has 1 rings (SSSR count). The molecule has 94 valence electrons. The minimum absolute atomic E-state index is 0.0581. The molecule has 0 radical (unpaired) electrons. The second-order valence-electron chi connectivity index (χ2n) is 5.01. The molecule has 0 aromatic carbocycles. The molecule has 1 aliphatic carbocycles. The van der Waals surface area contributed by atoms with Crippen molar-refractivity contribution in [3.63, 3.8) is 0 Å². The minimum atomic E-state index is 0.0581. The lowest BCUT2D eigenvalue weighted by Crippen LogP contribution is -2.61. The van der Waals surface area contributed by atoms with E-state index in [9.17, 15) is 4.79 Å². The summed E-state index contributed by atoms with van der Waals surface area (Å²) in [4.78, 5) is 11.6. The monoisotopic (exact) mass is 228 g/mol. The summed E-state index contributed by atoms with van der Waals surface area (Å²) in [5, 5.41) is 6.21. The van der Waals surface area contributed by atoms with Crippen molar-refractivity contribution >= 4 is 5.91 Å². The number of amides is 1. The van der Waals surface area contributed by atoms with Crippen molar-refractivity contribution in [2.45, 2.75) is 45.8 Å². The van der Waals surface area contributed by atoms with Gasteiger partial charge in [-0.2, -0.15) is 0 Å². The highest BCUT2D eigenvalue weighted by molar-refractivity contribution is 5.76. The van der Waals surface area contributed by atoms with Crippen molar-refractivity contribution in [1.29, 1.82) is 0 Å². The molecule has 0 aromatic heterocycles. The van der Waals surface area contributed by atoms with Gasteiger partial charge < -0.3 is 15.4 Å². The Morgan fingerprint density at radius 3 is 2.69 bits per heavy atom. The van der Waals surface area contributed by atoms with Crippen LogP contribution in [0.5, 0.6) is 0 Å². The van der Waals surface area contributed by atoms with E-state index in [0.717, 1.165) is 19.5 Å². The summed E-state index contributed by atoms with van der Waals surface area (Å²) in [6.45, 7) is 7.98. The zero-order valence-corrected chi connectivity index (χ0v) is 10.8. The fourth-order valence-electron chi connectivity index (χ4n) is 2.18. The maximum absolute atomic E-state index is 11.6. The van der Waals surface area contributed by atoms with Crippen molar-refractivity contribution in [3.8, 4) is 0 Å². The molecule has 0 spiro atoms. The maximum Gasteiger partial charge on any atom is 0.221 e. The van der Waals surface area contributed by atoms with E-state index in [1.807, 2.05) is 6.92 Å². The topological polar surface area (TPSA) is 50.4 Å². The van der Waals surface area contributed by atoms with Crippen LogP contribution in [0.25, 0.3) is 0 Å². The van der Waals surface area contributed by atoms with Gasteiger partial charge in [-0.05, 0) is 13.0 Å². The number of ether oxygens (including phenoxy) is 1. The minimum Gasteiger partial charge on any atom is -0.381 e. The smallest absolute Gasteiger partial charge is 0.221 e. The Kier molecular flexibility index (Phi) is 4.74. The Morgan fingerprint density at radius 1 is 1.50 bits per heavy atom. The van der Waals surface area contributed by atoms with Gasteiger partial charge >= 0.3 is 0 Å². The van der Waals surface area contributed by atoms with Crippen LogP contribution in [0.3, 0.4) is 0 Å². The Labute approximate surface area is 98.1 Å². The van der Waals surface area contributed by atoms with Gasteiger partial charge in [0, 0.05) is 31.5 Å². The zero-order chi connectivity index (χ0) is 12.2. The molecule has 16 heavy (non-hydrogen) atoms. The summed E-state index contributed by atoms with van der Waals surface area (Å²) in [5.41, 5.74) is 0.0581. The summed E-state index contributed by atoms with van der Waals surface area (Å²) in [5.74, 6) is 0.133. The van der Waals surface area contributed by atoms with Crippen LogP contribution in [0.1, 0.15) is 33.6 Å². The quantitative estimate of drug-likeness (QED) is 0.665. The van der Waals surface area contributed by atoms with Gasteiger partial charge in [0.05, 0.1) is 6.10 Å². The molecule has 0 saturated heterocycles. The molecule has 0 bridgehead atoms. The standard InChI is InChI=1S/C12H24N2O2/c1-5-13-7-6-11(15)14-9-8-10(16-4)12(9,2)3/h9-10,13H,5-8H2,1-4H3,(H,14,15). The summed E-state index contributed by atoms with van der Waals surface area (Å²) in [6, 6.07) is 0.256. The first-order valence-electron chi connectivity index (χ1n) is 6.05. The fourth-order valence-corrected chi connectivity index (χ4v) is 2.18. The van der Waals surface area contributed by atoms with Crippen LogP contribution in [0.15, 0.2) is 0 Å². The van der Waals surface area contributed by atoms with Gasteiger partial charge in [-0.25, -0.2) is 0 Å². The van der Waals surface area contributed by atoms with Crippen LogP contribution < -0.4 is 10.6 Å². The molecular formula is C12H24N2O2. The van der Waals surface area contributed by atoms with Gasteiger partial charge in [-0.1, -0.05) is 20.8 Å². The molecule has 0 aromatic rings. The highest BCUT2D eigenvalue weighted by Crippen LogP contribution is 2.42. The van der Waals surface area contributed by atoms with E-state index in [0.29, 0.717) is 6.42 Å². The molecule has 1 fully saturated rings. The van der Waals surface area contributed by atoms with Crippen LogP contribution in [0, 0.1) is 5.41 Å². The fraction of sp³-hybridized carbons (Fsp3) is 0.917. The van der Waals surface area contributed by atoms with E-state index in [1.165, 1.54) is 0 Å². The summed E-state index contributed by atoms with van der Waals surface area (Å²) < 4.78 is 5.35. The third-order valence-electron chi connectivity index (χ3n) is 3.58. The first kappa shape index (κ1) is 13.5. The molecule has 0 aliphatic heterocycles. The Morgan fingerprint density at radius 2 is 2.19 bits per heavy atom. The van der Waals surface area contributed by atoms with Gasteiger partial charge in [-0.15, -0.1) is 0 Å². The van der Waals surface area contributed by atoms with Crippen LogP contribution in [-0.2, 0) is 9.53 Å². The third-order valence-corrected chi connectivity index (χ3v) is 3.58. The number of hydrogen-bond donors (Lipinski definition) is 2. The van der Waals surface area contributed by atoms with Crippen molar-refractivity contribution in [1.82, 2.24) is 10.6 Å². The van der Waals surface area contributed by atoms with Crippen molar-refractivity contribution < 1.29 is 9.53 Å². The van der Waals surface area contributed by atoms with Gasteiger partial charge in [0.15, 0.2) is 0 Å². The molecule has 4 nitrogen and oxygen atoms in total. The van der Waals surface area contributed by atoms with E-state index in [-0.39, 0.29) is 23.5 Å². The summed E-state index contributed by atoms with van der Waals surface area (Å²) >= 11 is 0. The SMILES string of the molecule is CCNCCC(=O)NC1CC(OC)C1(C)C. The third kappa shape index (κ3) is 2.95. The second-order valence-corrected chi connectivity index (χ2v) is 5.01.